The Kier molecular flexibility index (Phi) is 4.68. The predicted octanol–water partition coefficient (Wildman–Crippen LogP) is 4.97. The van der Waals surface area contributed by atoms with Gasteiger partial charge in [0.1, 0.15) is 11.6 Å². The fourth-order valence-corrected chi connectivity index (χ4v) is 4.42. The van der Waals surface area contributed by atoms with Gasteiger partial charge in [0, 0.05) is 41.6 Å². The largest absolute Gasteiger partial charge is 0.497 e. The molecule has 0 saturated carbocycles. The summed E-state index contributed by atoms with van der Waals surface area (Å²) in [5.41, 5.74) is 5.09. The van der Waals surface area contributed by atoms with E-state index in [0.717, 1.165) is 30.7 Å². The molecular formula is C23H27FN2O. The summed E-state index contributed by atoms with van der Waals surface area (Å²) in [5, 5.41) is 1.27. The lowest BCUT2D eigenvalue weighted by Crippen LogP contribution is -2.38. The SMILES string of the molecule is COc1ccc2c(c1)c1c(n2CCc2cccc(F)c2)CC(C)N(C)C1C. The van der Waals surface area contributed by atoms with Gasteiger partial charge in [0.2, 0.25) is 0 Å². The number of hydrogen-bond donors (Lipinski definition) is 0. The fourth-order valence-electron chi connectivity index (χ4n) is 4.42. The highest BCUT2D eigenvalue weighted by molar-refractivity contribution is 5.87. The van der Waals surface area contributed by atoms with Gasteiger partial charge in [0.25, 0.3) is 0 Å². The normalized spacial score (nSPS) is 20.0. The summed E-state index contributed by atoms with van der Waals surface area (Å²) < 4.78 is 21.5. The predicted molar refractivity (Wildman–Crippen MR) is 108 cm³/mol. The zero-order valence-electron chi connectivity index (χ0n) is 16.5. The number of ether oxygens (including phenoxy) is 1. The van der Waals surface area contributed by atoms with E-state index in [1.54, 1.807) is 19.2 Å². The molecule has 2 unspecified atom stereocenters. The minimum absolute atomic E-state index is 0.166. The molecular weight excluding hydrogens is 339 g/mol. The van der Waals surface area contributed by atoms with Crippen molar-refractivity contribution in [3.05, 3.63) is 65.1 Å². The number of halogens is 1. The van der Waals surface area contributed by atoms with Crippen LogP contribution >= 0.6 is 0 Å². The molecule has 1 aliphatic heterocycles. The zero-order chi connectivity index (χ0) is 19.1. The number of likely N-dealkylation sites (N-methyl/N-ethyl adjacent to an activating group) is 1. The Bertz CT molecular complexity index is 978. The summed E-state index contributed by atoms with van der Waals surface area (Å²) in [6.07, 6.45) is 1.84. The first-order valence-corrected chi connectivity index (χ1v) is 9.65. The first-order chi connectivity index (χ1) is 13.0. The molecule has 0 radical (unpaired) electrons. The van der Waals surface area contributed by atoms with Gasteiger partial charge in [-0.3, -0.25) is 4.90 Å². The van der Waals surface area contributed by atoms with Crippen molar-refractivity contribution < 1.29 is 9.13 Å². The minimum Gasteiger partial charge on any atom is -0.497 e. The second-order valence-electron chi connectivity index (χ2n) is 7.67. The Morgan fingerprint density at radius 2 is 1.96 bits per heavy atom. The van der Waals surface area contributed by atoms with Crippen molar-refractivity contribution in [2.75, 3.05) is 14.2 Å². The van der Waals surface area contributed by atoms with E-state index in [1.165, 1.54) is 28.2 Å². The van der Waals surface area contributed by atoms with Crippen molar-refractivity contribution in [1.29, 1.82) is 0 Å². The molecule has 1 aromatic heterocycles. The Balaban J connectivity index is 1.81. The smallest absolute Gasteiger partial charge is 0.123 e. The van der Waals surface area contributed by atoms with E-state index < -0.39 is 0 Å². The first-order valence-electron chi connectivity index (χ1n) is 9.65. The average Bonchev–Trinajstić information content (AvgIpc) is 2.97. The van der Waals surface area contributed by atoms with Crippen LogP contribution in [0.5, 0.6) is 5.75 Å². The number of methoxy groups -OCH3 is 1. The number of fused-ring (bicyclic) bond motifs is 3. The van der Waals surface area contributed by atoms with E-state index >= 15 is 0 Å². The number of aryl methyl sites for hydroxylation is 2. The highest BCUT2D eigenvalue weighted by Gasteiger charge is 2.31. The van der Waals surface area contributed by atoms with Gasteiger partial charge in [-0.15, -0.1) is 0 Å². The van der Waals surface area contributed by atoms with Crippen molar-refractivity contribution in [2.24, 2.45) is 0 Å². The lowest BCUT2D eigenvalue weighted by Gasteiger charge is -2.37. The van der Waals surface area contributed by atoms with Gasteiger partial charge in [-0.25, -0.2) is 4.39 Å². The third-order valence-corrected chi connectivity index (χ3v) is 6.15. The molecule has 4 rings (SSSR count). The second-order valence-corrected chi connectivity index (χ2v) is 7.67. The molecule has 0 bridgehead atoms. The third kappa shape index (κ3) is 3.12. The summed E-state index contributed by atoms with van der Waals surface area (Å²) in [5.74, 6) is 0.724. The van der Waals surface area contributed by atoms with Crippen LogP contribution in [0.15, 0.2) is 42.5 Å². The molecule has 0 aliphatic carbocycles. The van der Waals surface area contributed by atoms with E-state index in [4.69, 9.17) is 4.74 Å². The highest BCUT2D eigenvalue weighted by Crippen LogP contribution is 2.40. The number of hydrogen-bond acceptors (Lipinski definition) is 2. The molecule has 1 aliphatic rings. The van der Waals surface area contributed by atoms with Gasteiger partial charge < -0.3 is 9.30 Å². The monoisotopic (exact) mass is 366 g/mol. The van der Waals surface area contributed by atoms with E-state index in [0.29, 0.717) is 12.1 Å². The van der Waals surface area contributed by atoms with Crippen LogP contribution < -0.4 is 4.74 Å². The molecule has 27 heavy (non-hydrogen) atoms. The first kappa shape index (κ1) is 18.1. The van der Waals surface area contributed by atoms with Crippen LogP contribution in [0.4, 0.5) is 4.39 Å². The van der Waals surface area contributed by atoms with Crippen molar-refractivity contribution >= 4 is 10.9 Å². The summed E-state index contributed by atoms with van der Waals surface area (Å²) >= 11 is 0. The summed E-state index contributed by atoms with van der Waals surface area (Å²) in [4.78, 5) is 2.44. The molecule has 0 amide bonds. The van der Waals surface area contributed by atoms with Crippen molar-refractivity contribution in [1.82, 2.24) is 9.47 Å². The van der Waals surface area contributed by atoms with Crippen molar-refractivity contribution in [3.63, 3.8) is 0 Å². The van der Waals surface area contributed by atoms with Crippen molar-refractivity contribution in [2.45, 2.75) is 45.3 Å². The van der Waals surface area contributed by atoms with Crippen LogP contribution in [0.1, 0.15) is 36.7 Å². The average molecular weight is 366 g/mol. The molecule has 0 N–H and O–H groups in total. The molecule has 4 heteroatoms. The number of rotatable bonds is 4. The molecule has 0 spiro atoms. The van der Waals surface area contributed by atoms with E-state index in [9.17, 15) is 4.39 Å². The Morgan fingerprint density at radius 3 is 2.70 bits per heavy atom. The van der Waals surface area contributed by atoms with Crippen LogP contribution in [0.25, 0.3) is 10.9 Å². The molecule has 0 fully saturated rings. The fraction of sp³-hybridized carbons (Fsp3) is 0.391. The lowest BCUT2D eigenvalue weighted by molar-refractivity contribution is 0.177. The van der Waals surface area contributed by atoms with E-state index in [-0.39, 0.29) is 5.82 Å². The maximum Gasteiger partial charge on any atom is 0.123 e. The van der Waals surface area contributed by atoms with Crippen LogP contribution in [0.2, 0.25) is 0 Å². The third-order valence-electron chi connectivity index (χ3n) is 6.15. The van der Waals surface area contributed by atoms with Gasteiger partial charge in [-0.05, 0) is 68.8 Å². The quantitative estimate of drug-likeness (QED) is 0.649. The second kappa shape index (κ2) is 7.01. The molecule has 2 heterocycles. The van der Waals surface area contributed by atoms with E-state index in [2.05, 4.69) is 42.5 Å². The van der Waals surface area contributed by atoms with Gasteiger partial charge in [-0.1, -0.05) is 12.1 Å². The molecule has 3 nitrogen and oxygen atoms in total. The number of benzene rings is 2. The summed E-state index contributed by atoms with van der Waals surface area (Å²) in [6.45, 7) is 5.42. The highest BCUT2D eigenvalue weighted by atomic mass is 19.1. The number of nitrogens with zero attached hydrogens (tertiary/aromatic N) is 2. The molecule has 0 saturated heterocycles. The Labute approximate surface area is 160 Å². The maximum absolute atomic E-state index is 13.6. The summed E-state index contributed by atoms with van der Waals surface area (Å²) in [6, 6.07) is 14.1. The Morgan fingerprint density at radius 1 is 1.15 bits per heavy atom. The van der Waals surface area contributed by atoms with Crippen LogP contribution in [0, 0.1) is 5.82 Å². The van der Waals surface area contributed by atoms with Gasteiger partial charge in [-0.2, -0.15) is 0 Å². The van der Waals surface area contributed by atoms with Crippen LogP contribution in [-0.4, -0.2) is 29.7 Å². The molecule has 2 atom stereocenters. The molecule has 3 aromatic rings. The van der Waals surface area contributed by atoms with Gasteiger partial charge >= 0.3 is 0 Å². The van der Waals surface area contributed by atoms with Gasteiger partial charge in [0.15, 0.2) is 0 Å². The van der Waals surface area contributed by atoms with Crippen LogP contribution in [0.3, 0.4) is 0 Å². The standard InChI is InChI=1S/C23H27FN2O/c1-15-12-22-23(16(2)25(15)3)20-14-19(27-4)8-9-21(20)26(22)11-10-17-6-5-7-18(24)13-17/h5-9,13-16H,10-12H2,1-4H3. The van der Waals surface area contributed by atoms with Crippen molar-refractivity contribution in [3.8, 4) is 5.75 Å². The number of aromatic nitrogens is 1. The van der Waals surface area contributed by atoms with Crippen LogP contribution in [-0.2, 0) is 19.4 Å². The zero-order valence-corrected chi connectivity index (χ0v) is 16.5. The summed E-state index contributed by atoms with van der Waals surface area (Å²) in [7, 11) is 3.92. The topological polar surface area (TPSA) is 17.4 Å². The van der Waals surface area contributed by atoms with Gasteiger partial charge in [0.05, 0.1) is 7.11 Å². The lowest BCUT2D eigenvalue weighted by atomic mass is 9.93. The Hall–Kier alpha value is -2.33. The molecule has 142 valence electrons. The van der Waals surface area contributed by atoms with E-state index in [1.807, 2.05) is 12.1 Å². The minimum atomic E-state index is -0.166. The molecule has 2 aromatic carbocycles. The maximum atomic E-state index is 13.6.